The third kappa shape index (κ3) is 3.49. The van der Waals surface area contributed by atoms with E-state index in [1.54, 1.807) is 12.1 Å². The van der Waals surface area contributed by atoms with Gasteiger partial charge in [0.1, 0.15) is 18.3 Å². The molecule has 1 fully saturated rings. The molecule has 1 aliphatic rings. The lowest BCUT2D eigenvalue weighted by atomic mass is 9.97. The van der Waals surface area contributed by atoms with Crippen LogP contribution in [-0.2, 0) is 11.3 Å². The maximum Gasteiger partial charge on any atom is 0.173 e. The fourth-order valence-corrected chi connectivity index (χ4v) is 2.39. The molecular formula is C14H21NO7. The highest BCUT2D eigenvalue weighted by atomic mass is 16.6. The molecule has 124 valence electrons. The van der Waals surface area contributed by atoms with E-state index in [2.05, 4.69) is 5.32 Å². The Morgan fingerprint density at radius 3 is 2.59 bits per heavy atom. The summed E-state index contributed by atoms with van der Waals surface area (Å²) in [5, 5.41) is 51.1. The Balaban J connectivity index is 2.01. The summed E-state index contributed by atoms with van der Waals surface area (Å²) in [6.07, 6.45) is -4.99. The molecule has 8 heteroatoms. The molecule has 0 amide bonds. The number of hydrogen-bond donors (Lipinski definition) is 6. The number of aliphatic hydroxyl groups is 4. The van der Waals surface area contributed by atoms with Crippen LogP contribution in [0.4, 0.5) is 0 Å². The van der Waals surface area contributed by atoms with E-state index >= 15 is 0 Å². The van der Waals surface area contributed by atoms with Gasteiger partial charge in [-0.2, -0.15) is 0 Å². The maximum atomic E-state index is 10.0. The molecule has 1 heterocycles. The highest BCUT2D eigenvalue weighted by molar-refractivity contribution is 5.41. The molecule has 0 unspecified atom stereocenters. The number of phenols is 1. The van der Waals surface area contributed by atoms with Crippen LogP contribution in [0.2, 0.25) is 0 Å². The van der Waals surface area contributed by atoms with E-state index in [0.29, 0.717) is 5.75 Å². The van der Waals surface area contributed by atoms with Gasteiger partial charge in [0.05, 0.1) is 19.8 Å². The van der Waals surface area contributed by atoms with Gasteiger partial charge in [0.2, 0.25) is 0 Å². The molecule has 22 heavy (non-hydrogen) atoms. The third-order valence-electron chi connectivity index (χ3n) is 3.69. The first-order valence-corrected chi connectivity index (χ1v) is 6.87. The molecule has 0 aliphatic carbocycles. The molecule has 1 saturated heterocycles. The standard InChI is InChI=1S/C14H21NO7/c1-21-9-4-7(2-3-8(9)17)5-15-11-13(19)12(18)10(6-16)22-14(11)20/h2-4,10-20H,5-6H2,1H3/t10-,11-,12-,13-,14-/m1/s1. The van der Waals surface area contributed by atoms with E-state index in [0.717, 1.165) is 5.56 Å². The van der Waals surface area contributed by atoms with Crippen LogP contribution in [0, 0.1) is 0 Å². The van der Waals surface area contributed by atoms with Crippen molar-refractivity contribution >= 4 is 0 Å². The Labute approximate surface area is 127 Å². The zero-order chi connectivity index (χ0) is 16.3. The summed E-state index contributed by atoms with van der Waals surface area (Å²) < 4.78 is 10.0. The number of aliphatic hydroxyl groups excluding tert-OH is 4. The van der Waals surface area contributed by atoms with Crippen LogP contribution in [0.1, 0.15) is 5.56 Å². The van der Waals surface area contributed by atoms with Gasteiger partial charge in [0, 0.05) is 6.54 Å². The van der Waals surface area contributed by atoms with Crippen LogP contribution in [0.5, 0.6) is 11.5 Å². The van der Waals surface area contributed by atoms with E-state index in [9.17, 15) is 20.4 Å². The van der Waals surface area contributed by atoms with Gasteiger partial charge >= 0.3 is 0 Å². The van der Waals surface area contributed by atoms with E-state index in [1.165, 1.54) is 13.2 Å². The first kappa shape index (κ1) is 16.9. The zero-order valence-electron chi connectivity index (χ0n) is 12.1. The molecule has 8 nitrogen and oxygen atoms in total. The first-order chi connectivity index (χ1) is 10.5. The summed E-state index contributed by atoms with van der Waals surface area (Å²) in [5.41, 5.74) is 0.743. The summed E-state index contributed by atoms with van der Waals surface area (Å²) in [7, 11) is 1.43. The number of methoxy groups -OCH3 is 1. The van der Waals surface area contributed by atoms with Gasteiger partial charge in [-0.3, -0.25) is 0 Å². The molecule has 1 aromatic carbocycles. The third-order valence-corrected chi connectivity index (χ3v) is 3.69. The second-order valence-electron chi connectivity index (χ2n) is 5.14. The lowest BCUT2D eigenvalue weighted by Gasteiger charge is -2.40. The highest BCUT2D eigenvalue weighted by Crippen LogP contribution is 2.26. The fraction of sp³-hybridized carbons (Fsp3) is 0.571. The number of hydrogen-bond acceptors (Lipinski definition) is 8. The molecule has 0 bridgehead atoms. The van der Waals surface area contributed by atoms with Gasteiger partial charge in [-0.15, -0.1) is 0 Å². The lowest BCUT2D eigenvalue weighted by molar-refractivity contribution is -0.254. The molecule has 0 saturated carbocycles. The topological polar surface area (TPSA) is 132 Å². The monoisotopic (exact) mass is 315 g/mol. The number of phenolic OH excluding ortho intramolecular Hbond substituents is 1. The fourth-order valence-electron chi connectivity index (χ4n) is 2.39. The predicted octanol–water partition coefficient (Wildman–Crippen LogP) is -1.71. The Kier molecular flexibility index (Phi) is 5.57. The average molecular weight is 315 g/mol. The Morgan fingerprint density at radius 2 is 1.95 bits per heavy atom. The number of aromatic hydroxyl groups is 1. The summed E-state index contributed by atoms with van der Waals surface area (Å²) in [5.74, 6) is 0.314. The molecule has 6 N–H and O–H groups in total. The van der Waals surface area contributed by atoms with E-state index in [1.807, 2.05) is 0 Å². The molecule has 1 aromatic rings. The molecule has 5 atom stereocenters. The maximum absolute atomic E-state index is 10.0. The van der Waals surface area contributed by atoms with Gasteiger partial charge in [0.25, 0.3) is 0 Å². The van der Waals surface area contributed by atoms with Crippen molar-refractivity contribution < 1.29 is 35.0 Å². The van der Waals surface area contributed by atoms with Crippen molar-refractivity contribution in [3.05, 3.63) is 23.8 Å². The number of benzene rings is 1. The summed E-state index contributed by atoms with van der Waals surface area (Å²) >= 11 is 0. The minimum atomic E-state index is -1.37. The normalized spacial score (nSPS) is 32.0. The van der Waals surface area contributed by atoms with Gasteiger partial charge < -0.3 is 40.3 Å². The van der Waals surface area contributed by atoms with Crippen LogP contribution in [-0.4, -0.2) is 69.9 Å². The lowest BCUT2D eigenvalue weighted by Crippen LogP contribution is -2.63. The van der Waals surface area contributed by atoms with Gasteiger partial charge in [-0.05, 0) is 17.7 Å². The smallest absolute Gasteiger partial charge is 0.173 e. The van der Waals surface area contributed by atoms with Crippen LogP contribution < -0.4 is 10.1 Å². The SMILES string of the molecule is COc1cc(CN[C@@H]2[C@@H](O)[C@H](O)[C@@H](CO)O[C@H]2O)ccc1O. The predicted molar refractivity (Wildman–Crippen MR) is 75.3 cm³/mol. The zero-order valence-corrected chi connectivity index (χ0v) is 12.1. The highest BCUT2D eigenvalue weighted by Gasteiger charge is 2.43. The van der Waals surface area contributed by atoms with E-state index in [-0.39, 0.29) is 12.3 Å². The van der Waals surface area contributed by atoms with Crippen molar-refractivity contribution in [3.63, 3.8) is 0 Å². The van der Waals surface area contributed by atoms with Crippen molar-refractivity contribution in [2.75, 3.05) is 13.7 Å². The van der Waals surface area contributed by atoms with Crippen molar-refractivity contribution in [3.8, 4) is 11.5 Å². The van der Waals surface area contributed by atoms with Crippen molar-refractivity contribution in [1.82, 2.24) is 5.32 Å². The molecule has 0 spiro atoms. The minimum Gasteiger partial charge on any atom is -0.504 e. The van der Waals surface area contributed by atoms with E-state index < -0.39 is 37.3 Å². The second kappa shape index (κ2) is 7.23. The van der Waals surface area contributed by atoms with Crippen LogP contribution in [0.15, 0.2) is 18.2 Å². The van der Waals surface area contributed by atoms with E-state index in [4.69, 9.17) is 14.6 Å². The summed E-state index contributed by atoms with van der Waals surface area (Å²) in [4.78, 5) is 0. The van der Waals surface area contributed by atoms with Gasteiger partial charge in [0.15, 0.2) is 17.8 Å². The van der Waals surface area contributed by atoms with Gasteiger partial charge in [-0.1, -0.05) is 6.07 Å². The number of nitrogens with one attached hydrogen (secondary N) is 1. The average Bonchev–Trinajstić information content (AvgIpc) is 2.52. The quantitative estimate of drug-likeness (QED) is 0.379. The molecule has 1 aliphatic heterocycles. The molecule has 0 aromatic heterocycles. The Hall–Kier alpha value is -1.42. The summed E-state index contributed by atoms with van der Waals surface area (Å²) in [6, 6.07) is 3.81. The number of rotatable bonds is 5. The molecule has 0 radical (unpaired) electrons. The Morgan fingerprint density at radius 1 is 1.23 bits per heavy atom. The van der Waals surface area contributed by atoms with Crippen molar-refractivity contribution in [1.29, 1.82) is 0 Å². The van der Waals surface area contributed by atoms with Crippen molar-refractivity contribution in [2.45, 2.75) is 37.2 Å². The first-order valence-electron chi connectivity index (χ1n) is 6.87. The van der Waals surface area contributed by atoms with Crippen LogP contribution in [0.3, 0.4) is 0 Å². The van der Waals surface area contributed by atoms with Gasteiger partial charge in [-0.25, -0.2) is 0 Å². The minimum absolute atomic E-state index is 0.00790. The van der Waals surface area contributed by atoms with Crippen molar-refractivity contribution in [2.24, 2.45) is 0 Å². The Bertz CT molecular complexity index is 498. The summed E-state index contributed by atoms with van der Waals surface area (Å²) in [6.45, 7) is -0.257. The molecule has 2 rings (SSSR count). The largest absolute Gasteiger partial charge is 0.504 e. The molecular weight excluding hydrogens is 294 g/mol. The van der Waals surface area contributed by atoms with Crippen LogP contribution >= 0.6 is 0 Å². The number of ether oxygens (including phenoxy) is 2. The van der Waals surface area contributed by atoms with Crippen LogP contribution in [0.25, 0.3) is 0 Å². The second-order valence-corrected chi connectivity index (χ2v) is 5.14.